The summed E-state index contributed by atoms with van der Waals surface area (Å²) in [6, 6.07) is 21.5. The Balaban J connectivity index is 0.000000165. The minimum absolute atomic E-state index is 0.369. The summed E-state index contributed by atoms with van der Waals surface area (Å²) in [5.41, 5.74) is 13.4. The van der Waals surface area contributed by atoms with Crippen molar-refractivity contribution < 1.29 is 4.79 Å². The monoisotopic (exact) mass is 538 g/mol. The van der Waals surface area contributed by atoms with Crippen molar-refractivity contribution in [1.82, 2.24) is 28.7 Å². The van der Waals surface area contributed by atoms with Crippen LogP contribution in [0.15, 0.2) is 85.5 Å². The summed E-state index contributed by atoms with van der Waals surface area (Å²) in [7, 11) is 0. The minimum Gasteiger partial charge on any atom is -0.364 e. The van der Waals surface area contributed by atoms with E-state index in [1.165, 1.54) is 6.20 Å². The van der Waals surface area contributed by atoms with E-state index < -0.39 is 5.91 Å². The van der Waals surface area contributed by atoms with Crippen LogP contribution in [0.1, 0.15) is 50.1 Å². The summed E-state index contributed by atoms with van der Waals surface area (Å²) in [6.45, 7) is 3.92. The van der Waals surface area contributed by atoms with Gasteiger partial charge in [0.05, 0.1) is 23.8 Å². The van der Waals surface area contributed by atoms with E-state index >= 15 is 0 Å². The molecule has 1 amide bonds. The van der Waals surface area contributed by atoms with Crippen LogP contribution in [0.25, 0.3) is 35.6 Å². The van der Waals surface area contributed by atoms with Gasteiger partial charge in [0.2, 0.25) is 0 Å². The lowest BCUT2D eigenvalue weighted by Crippen LogP contribution is -2.13. The van der Waals surface area contributed by atoms with Crippen LogP contribution in [0.5, 0.6) is 0 Å². The highest BCUT2D eigenvalue weighted by atomic mass is 16.1. The van der Waals surface area contributed by atoms with E-state index in [9.17, 15) is 4.79 Å². The van der Waals surface area contributed by atoms with E-state index in [-0.39, 0.29) is 0 Å². The van der Waals surface area contributed by atoms with Crippen molar-refractivity contribution in [1.29, 1.82) is 5.26 Å². The third-order valence-electron chi connectivity index (χ3n) is 6.14. The van der Waals surface area contributed by atoms with E-state index in [2.05, 4.69) is 26.0 Å². The molecule has 0 fully saturated rings. The van der Waals surface area contributed by atoms with Gasteiger partial charge in [-0.15, -0.1) is 0 Å². The number of carbonyl (C=O) groups excluding carboxylic acids is 1. The Labute approximate surface area is 236 Å². The Morgan fingerprint density at radius 1 is 0.756 bits per heavy atom. The number of nitriles is 1. The zero-order valence-electron chi connectivity index (χ0n) is 22.5. The van der Waals surface area contributed by atoms with Gasteiger partial charge in [-0.2, -0.15) is 5.26 Å². The fraction of sp³-hybridized carbons (Fsp3) is 0.0625. The number of nitrogens with two attached hydrogens (primary N) is 1. The van der Waals surface area contributed by atoms with Crippen molar-refractivity contribution in [3.05, 3.63) is 131 Å². The number of hydrogen-bond acceptors (Lipinski definition) is 6. The average molecular weight is 539 g/mol. The smallest absolute Gasteiger partial charge is 0.267 e. The van der Waals surface area contributed by atoms with Crippen LogP contribution >= 0.6 is 0 Å². The first-order chi connectivity index (χ1) is 19.9. The molecule has 6 aromatic heterocycles. The van der Waals surface area contributed by atoms with E-state index in [1.807, 2.05) is 111 Å². The minimum atomic E-state index is -0.496. The molecule has 0 spiro atoms. The summed E-state index contributed by atoms with van der Waals surface area (Å²) in [5.74, 6) is -0.496. The Bertz CT molecular complexity index is 1970. The lowest BCUT2D eigenvalue weighted by Gasteiger charge is -2.00. The molecule has 6 heterocycles. The molecule has 0 atom stereocenters. The highest BCUT2D eigenvalue weighted by Crippen LogP contribution is 2.13. The molecule has 0 aliphatic carbocycles. The number of rotatable bonds is 5. The molecule has 0 saturated heterocycles. The molecule has 41 heavy (non-hydrogen) atoms. The Morgan fingerprint density at radius 2 is 1.29 bits per heavy atom. The molecular formula is C32H26N8O. The van der Waals surface area contributed by atoms with Crippen LogP contribution in [-0.2, 0) is 0 Å². The largest absolute Gasteiger partial charge is 0.364 e. The lowest BCUT2D eigenvalue weighted by atomic mass is 10.2. The normalized spacial score (nSPS) is 11.1. The molecule has 2 N–H and O–H groups in total. The van der Waals surface area contributed by atoms with Gasteiger partial charge in [-0.05, 0) is 85.7 Å². The van der Waals surface area contributed by atoms with Crippen molar-refractivity contribution in [3.8, 4) is 6.07 Å². The molecule has 200 valence electrons. The number of nitrogens with zero attached hydrogens (tertiary/aromatic N) is 7. The number of hydrogen-bond donors (Lipinski definition) is 1. The van der Waals surface area contributed by atoms with Crippen molar-refractivity contribution in [3.63, 3.8) is 0 Å². The highest BCUT2D eigenvalue weighted by Gasteiger charge is 2.08. The quantitative estimate of drug-likeness (QED) is 0.314. The van der Waals surface area contributed by atoms with Gasteiger partial charge in [0.25, 0.3) is 5.91 Å². The third kappa shape index (κ3) is 6.41. The molecular weight excluding hydrogens is 512 g/mol. The summed E-state index contributed by atoms with van der Waals surface area (Å²) >= 11 is 0. The molecule has 9 heteroatoms. The fourth-order valence-corrected chi connectivity index (χ4v) is 4.13. The molecule has 0 aliphatic heterocycles. The maximum Gasteiger partial charge on any atom is 0.267 e. The highest BCUT2D eigenvalue weighted by molar-refractivity contribution is 5.91. The van der Waals surface area contributed by atoms with Crippen molar-refractivity contribution in [2.75, 3.05) is 0 Å². The summed E-state index contributed by atoms with van der Waals surface area (Å²) in [4.78, 5) is 28.5. The summed E-state index contributed by atoms with van der Waals surface area (Å²) < 4.78 is 3.47. The van der Waals surface area contributed by atoms with Crippen LogP contribution in [0.4, 0.5) is 0 Å². The zero-order chi connectivity index (χ0) is 28.8. The first-order valence-corrected chi connectivity index (χ1v) is 12.8. The third-order valence-corrected chi connectivity index (χ3v) is 6.14. The second-order valence-corrected chi connectivity index (χ2v) is 9.22. The van der Waals surface area contributed by atoms with E-state index in [4.69, 9.17) is 11.0 Å². The number of imidazole rings is 2. The lowest BCUT2D eigenvalue weighted by molar-refractivity contribution is 0.0994. The van der Waals surface area contributed by atoms with Crippen LogP contribution in [-0.4, -0.2) is 34.6 Å². The fourth-order valence-electron chi connectivity index (χ4n) is 4.13. The molecule has 0 aliphatic rings. The summed E-state index contributed by atoms with van der Waals surface area (Å²) in [5, 5.41) is 9.01. The van der Waals surface area contributed by atoms with E-state index in [1.54, 1.807) is 15.0 Å². The molecule has 0 unspecified atom stereocenters. The Hall–Kier alpha value is -5.88. The number of primary amides is 1. The predicted molar refractivity (Wildman–Crippen MR) is 159 cm³/mol. The van der Waals surface area contributed by atoms with Gasteiger partial charge in [-0.25, -0.2) is 9.97 Å². The maximum absolute atomic E-state index is 11.3. The number of aryl methyl sites for hydroxylation is 2. The summed E-state index contributed by atoms with van der Waals surface area (Å²) in [6.07, 6.45) is 14.6. The first kappa shape index (κ1) is 26.7. The van der Waals surface area contributed by atoms with Crippen LogP contribution in [0.2, 0.25) is 0 Å². The number of amides is 1. The number of aromatic nitrogens is 6. The number of carbonyl (C=O) groups is 1. The van der Waals surface area contributed by atoms with Crippen molar-refractivity contribution in [2.45, 2.75) is 13.8 Å². The standard InChI is InChI=1S/C16H14N4O.C16H12N4/c1-11-3-2-4-13(19-11)7-5-12-6-8-15-18-9-14(16(17)21)20(15)10-12;1-12-3-2-4-14(19-12)7-5-13-6-8-16-18-10-15(9-17)20(16)11-13/h2-10H,1H3,(H2,17,21);2-8,10-11H,1H3/b2*7-5-. The van der Waals surface area contributed by atoms with Crippen molar-refractivity contribution in [2.24, 2.45) is 5.73 Å². The van der Waals surface area contributed by atoms with Crippen LogP contribution < -0.4 is 5.73 Å². The van der Waals surface area contributed by atoms with Gasteiger partial charge in [-0.3, -0.25) is 23.6 Å². The van der Waals surface area contributed by atoms with Crippen LogP contribution in [0, 0.1) is 25.2 Å². The van der Waals surface area contributed by atoms with E-state index in [0.29, 0.717) is 17.0 Å². The zero-order valence-corrected chi connectivity index (χ0v) is 22.5. The Morgan fingerprint density at radius 3 is 1.83 bits per heavy atom. The molecule has 0 radical (unpaired) electrons. The van der Waals surface area contributed by atoms with Gasteiger partial charge in [-0.1, -0.05) is 24.3 Å². The van der Waals surface area contributed by atoms with Gasteiger partial charge in [0.1, 0.15) is 28.8 Å². The SMILES string of the molecule is Cc1cccc(/C=C\c2ccc3ncc(C#N)n3c2)n1.Cc1cccc(/C=C\c2ccc3ncc(C(N)=O)n3c2)n1. The molecule has 0 saturated carbocycles. The van der Waals surface area contributed by atoms with Gasteiger partial charge in [0, 0.05) is 23.8 Å². The molecule has 9 nitrogen and oxygen atoms in total. The number of fused-ring (bicyclic) bond motifs is 2. The molecule has 0 bridgehead atoms. The topological polar surface area (TPSA) is 127 Å². The van der Waals surface area contributed by atoms with Gasteiger partial charge >= 0.3 is 0 Å². The molecule has 6 aromatic rings. The van der Waals surface area contributed by atoms with Crippen molar-refractivity contribution >= 4 is 41.5 Å². The Kier molecular flexibility index (Phi) is 7.74. The predicted octanol–water partition coefficient (Wildman–Crippen LogP) is 5.39. The second-order valence-electron chi connectivity index (χ2n) is 9.22. The molecule has 0 aromatic carbocycles. The maximum atomic E-state index is 11.3. The first-order valence-electron chi connectivity index (χ1n) is 12.8. The average Bonchev–Trinajstić information content (AvgIpc) is 3.59. The van der Waals surface area contributed by atoms with E-state index in [0.717, 1.165) is 39.5 Å². The van der Waals surface area contributed by atoms with Crippen LogP contribution in [0.3, 0.4) is 0 Å². The molecule has 6 rings (SSSR count). The second kappa shape index (κ2) is 11.9. The van der Waals surface area contributed by atoms with Gasteiger partial charge < -0.3 is 5.73 Å². The van der Waals surface area contributed by atoms with Gasteiger partial charge in [0.15, 0.2) is 0 Å². The number of pyridine rings is 4.